The molecule has 0 aliphatic carbocycles. The second-order valence-electron chi connectivity index (χ2n) is 6.25. The normalized spacial score (nSPS) is 18.2. The van der Waals surface area contributed by atoms with Gasteiger partial charge in [-0.25, -0.2) is 9.67 Å². The lowest BCUT2D eigenvalue weighted by Gasteiger charge is -2.34. The topological polar surface area (TPSA) is 68.8 Å². The number of piperidine rings is 1. The van der Waals surface area contributed by atoms with Crippen LogP contribution in [0.4, 0.5) is 0 Å². The number of para-hydroxylation sites is 1. The van der Waals surface area contributed by atoms with Gasteiger partial charge in [-0.3, -0.25) is 4.79 Å². The van der Waals surface area contributed by atoms with Gasteiger partial charge in [0.2, 0.25) is 5.91 Å². The van der Waals surface area contributed by atoms with E-state index >= 15 is 0 Å². The summed E-state index contributed by atoms with van der Waals surface area (Å²) in [4.78, 5) is 19.0. The molecular formula is C17H20N6O. The average molecular weight is 324 g/mol. The Labute approximate surface area is 139 Å². The fraction of sp³-hybridized carbons (Fsp3) is 0.412. The molecule has 24 heavy (non-hydrogen) atoms. The Hall–Kier alpha value is -2.70. The number of carbonyl (C=O) groups excluding carboxylic acids is 1. The molecule has 1 aromatic carbocycles. The molecule has 1 aliphatic heterocycles. The van der Waals surface area contributed by atoms with E-state index in [2.05, 4.69) is 19.9 Å². The number of likely N-dealkylation sites (tertiary alicyclic amines) is 1. The minimum Gasteiger partial charge on any atom is -0.339 e. The molecule has 7 heteroatoms. The largest absolute Gasteiger partial charge is 0.339 e. The number of fused-ring (bicyclic) bond motifs is 1. The number of aromatic nitrogens is 5. The third-order valence-electron chi connectivity index (χ3n) is 4.71. The zero-order chi connectivity index (χ0) is 16.5. The molecule has 0 radical (unpaired) electrons. The number of aryl methyl sites for hydroxylation is 1. The summed E-state index contributed by atoms with van der Waals surface area (Å²) in [5.41, 5.74) is 1.71. The van der Waals surface area contributed by atoms with Crippen molar-refractivity contribution in [2.75, 3.05) is 13.1 Å². The van der Waals surface area contributed by atoms with Crippen LogP contribution in [-0.2, 0) is 11.3 Å². The maximum absolute atomic E-state index is 12.7. The van der Waals surface area contributed by atoms with Crippen LogP contribution in [0.3, 0.4) is 0 Å². The Morgan fingerprint density at radius 2 is 2.21 bits per heavy atom. The third-order valence-corrected chi connectivity index (χ3v) is 4.71. The van der Waals surface area contributed by atoms with Crippen molar-refractivity contribution in [3.05, 3.63) is 42.5 Å². The highest BCUT2D eigenvalue weighted by atomic mass is 16.2. The van der Waals surface area contributed by atoms with Crippen molar-refractivity contribution < 1.29 is 4.79 Å². The molecule has 1 aliphatic rings. The van der Waals surface area contributed by atoms with E-state index in [1.165, 1.54) is 0 Å². The number of hydrogen-bond acceptors (Lipinski definition) is 4. The van der Waals surface area contributed by atoms with Crippen LogP contribution < -0.4 is 0 Å². The van der Waals surface area contributed by atoms with Gasteiger partial charge >= 0.3 is 0 Å². The zero-order valence-electron chi connectivity index (χ0n) is 13.7. The molecule has 4 rings (SSSR count). The first-order valence-electron chi connectivity index (χ1n) is 8.28. The molecular weight excluding hydrogens is 304 g/mol. The first-order valence-corrected chi connectivity index (χ1v) is 8.28. The lowest BCUT2D eigenvalue weighted by atomic mass is 10.1. The molecule has 0 bridgehead atoms. The maximum atomic E-state index is 12.7. The second kappa shape index (κ2) is 6.07. The van der Waals surface area contributed by atoms with Gasteiger partial charge in [0.25, 0.3) is 0 Å². The Kier molecular flexibility index (Phi) is 3.76. The van der Waals surface area contributed by atoms with Gasteiger partial charge in [0.1, 0.15) is 17.9 Å². The van der Waals surface area contributed by atoms with Gasteiger partial charge < -0.3 is 9.47 Å². The minimum absolute atomic E-state index is 0.0909. The molecule has 1 fully saturated rings. The molecule has 1 amide bonds. The van der Waals surface area contributed by atoms with Crippen molar-refractivity contribution in [2.24, 2.45) is 0 Å². The molecule has 0 saturated carbocycles. The first kappa shape index (κ1) is 14.9. The molecule has 7 nitrogen and oxygen atoms in total. The van der Waals surface area contributed by atoms with E-state index in [9.17, 15) is 4.79 Å². The van der Waals surface area contributed by atoms with E-state index in [1.807, 2.05) is 48.5 Å². The van der Waals surface area contributed by atoms with Crippen molar-refractivity contribution in [2.45, 2.75) is 32.4 Å². The molecule has 0 N–H and O–H groups in total. The van der Waals surface area contributed by atoms with Gasteiger partial charge in [-0.15, -0.1) is 5.10 Å². The third kappa shape index (κ3) is 2.66. The molecule has 1 atom stereocenters. The average Bonchev–Trinajstić information content (AvgIpc) is 3.22. The van der Waals surface area contributed by atoms with Crippen LogP contribution in [0.1, 0.15) is 24.7 Å². The summed E-state index contributed by atoms with van der Waals surface area (Å²) in [6, 6.07) is 8.01. The van der Waals surface area contributed by atoms with Gasteiger partial charge in [0, 0.05) is 25.5 Å². The SMILES string of the molecule is Cc1nccn1[C@H]1CCCN(C(=O)Cn2nnc3ccccc32)C1. The standard InChI is InChI=1S/C17H20N6O/c1-13-18-8-10-22(13)14-5-4-9-21(11-14)17(24)12-23-16-7-3-2-6-15(16)19-20-23/h2-3,6-8,10,14H,4-5,9,11-12H2,1H3/t14-/m0/s1. The van der Waals surface area contributed by atoms with Crippen LogP contribution in [0.2, 0.25) is 0 Å². The lowest BCUT2D eigenvalue weighted by molar-refractivity contribution is -0.133. The van der Waals surface area contributed by atoms with Gasteiger partial charge in [-0.05, 0) is 31.9 Å². The van der Waals surface area contributed by atoms with Crippen molar-refractivity contribution in [3.8, 4) is 0 Å². The highest BCUT2D eigenvalue weighted by molar-refractivity contribution is 5.79. The summed E-state index contributed by atoms with van der Waals surface area (Å²) in [6.45, 7) is 3.76. The van der Waals surface area contributed by atoms with E-state index < -0.39 is 0 Å². The number of imidazole rings is 1. The number of benzene rings is 1. The van der Waals surface area contributed by atoms with Crippen LogP contribution in [-0.4, -0.2) is 48.4 Å². The van der Waals surface area contributed by atoms with Crippen LogP contribution in [0.15, 0.2) is 36.7 Å². The number of hydrogen-bond donors (Lipinski definition) is 0. The predicted octanol–water partition coefficient (Wildman–Crippen LogP) is 1.80. The van der Waals surface area contributed by atoms with Gasteiger partial charge in [-0.2, -0.15) is 0 Å². The fourth-order valence-corrected chi connectivity index (χ4v) is 3.44. The second-order valence-corrected chi connectivity index (χ2v) is 6.25. The van der Waals surface area contributed by atoms with Crippen LogP contribution in [0, 0.1) is 6.92 Å². The van der Waals surface area contributed by atoms with Crippen molar-refractivity contribution in [1.29, 1.82) is 0 Å². The minimum atomic E-state index is 0.0909. The lowest BCUT2D eigenvalue weighted by Crippen LogP contribution is -2.42. The Morgan fingerprint density at radius 1 is 1.33 bits per heavy atom. The van der Waals surface area contributed by atoms with Crippen molar-refractivity contribution in [3.63, 3.8) is 0 Å². The zero-order valence-corrected chi connectivity index (χ0v) is 13.7. The Bertz CT molecular complexity index is 867. The van der Waals surface area contributed by atoms with Crippen LogP contribution in [0.25, 0.3) is 11.0 Å². The summed E-state index contributed by atoms with van der Waals surface area (Å²) in [7, 11) is 0. The van der Waals surface area contributed by atoms with Gasteiger partial charge in [0.15, 0.2) is 0 Å². The summed E-state index contributed by atoms with van der Waals surface area (Å²) in [6.07, 6.45) is 5.90. The highest BCUT2D eigenvalue weighted by Gasteiger charge is 2.25. The number of carbonyl (C=O) groups is 1. The van der Waals surface area contributed by atoms with Gasteiger partial charge in [0.05, 0.1) is 11.6 Å². The quantitative estimate of drug-likeness (QED) is 0.737. The fourth-order valence-electron chi connectivity index (χ4n) is 3.44. The first-order chi connectivity index (χ1) is 11.7. The number of nitrogens with zero attached hydrogens (tertiary/aromatic N) is 6. The van der Waals surface area contributed by atoms with E-state index in [1.54, 1.807) is 4.68 Å². The van der Waals surface area contributed by atoms with Gasteiger partial charge in [-0.1, -0.05) is 17.3 Å². The maximum Gasteiger partial charge on any atom is 0.244 e. The molecule has 3 aromatic rings. The highest BCUT2D eigenvalue weighted by Crippen LogP contribution is 2.23. The molecule has 1 saturated heterocycles. The monoisotopic (exact) mass is 324 g/mol. The molecule has 0 unspecified atom stereocenters. The molecule has 2 aromatic heterocycles. The Balaban J connectivity index is 1.49. The molecule has 0 spiro atoms. The van der Waals surface area contributed by atoms with E-state index in [0.29, 0.717) is 6.04 Å². The van der Waals surface area contributed by atoms with Crippen LogP contribution in [0.5, 0.6) is 0 Å². The van der Waals surface area contributed by atoms with E-state index in [-0.39, 0.29) is 12.5 Å². The van der Waals surface area contributed by atoms with E-state index in [4.69, 9.17) is 0 Å². The predicted molar refractivity (Wildman–Crippen MR) is 89.3 cm³/mol. The Morgan fingerprint density at radius 3 is 3.04 bits per heavy atom. The summed E-state index contributed by atoms with van der Waals surface area (Å²) >= 11 is 0. The number of rotatable bonds is 3. The molecule has 3 heterocycles. The van der Waals surface area contributed by atoms with Crippen molar-refractivity contribution in [1.82, 2.24) is 29.4 Å². The summed E-state index contributed by atoms with van der Waals surface area (Å²) < 4.78 is 3.86. The van der Waals surface area contributed by atoms with Crippen molar-refractivity contribution >= 4 is 16.9 Å². The van der Waals surface area contributed by atoms with E-state index in [0.717, 1.165) is 42.8 Å². The summed E-state index contributed by atoms with van der Waals surface area (Å²) in [5.74, 6) is 1.09. The smallest absolute Gasteiger partial charge is 0.244 e. The molecule has 124 valence electrons. The van der Waals surface area contributed by atoms with Crippen LogP contribution >= 0.6 is 0 Å². The summed E-state index contributed by atoms with van der Waals surface area (Å²) in [5, 5.41) is 8.23. The number of amides is 1.